The molecule has 1 aliphatic heterocycles. The first-order valence-corrected chi connectivity index (χ1v) is 12.6. The van der Waals surface area contributed by atoms with Gasteiger partial charge in [-0.1, -0.05) is 12.1 Å². The van der Waals surface area contributed by atoms with E-state index in [0.717, 1.165) is 6.26 Å². The average Bonchev–Trinajstić information content (AvgIpc) is 3.09. The van der Waals surface area contributed by atoms with Gasteiger partial charge in [0.05, 0.1) is 37.5 Å². The summed E-state index contributed by atoms with van der Waals surface area (Å²) in [6.07, 6.45) is -3.73. The Kier molecular flexibility index (Phi) is 7.63. The van der Waals surface area contributed by atoms with Crippen molar-refractivity contribution in [3.63, 3.8) is 0 Å². The minimum Gasteiger partial charge on any atom is -0.493 e. The minimum absolute atomic E-state index is 0.0675. The second kappa shape index (κ2) is 10.1. The van der Waals surface area contributed by atoms with Gasteiger partial charge in [-0.3, -0.25) is 4.79 Å². The van der Waals surface area contributed by atoms with E-state index in [4.69, 9.17) is 9.47 Å². The number of anilines is 1. The summed E-state index contributed by atoms with van der Waals surface area (Å²) in [7, 11) is -2.16. The van der Waals surface area contributed by atoms with E-state index in [0.29, 0.717) is 29.2 Å². The van der Waals surface area contributed by atoms with E-state index in [2.05, 4.69) is 4.74 Å². The van der Waals surface area contributed by atoms with Gasteiger partial charge in [0.25, 0.3) is 0 Å². The second-order valence-corrected chi connectivity index (χ2v) is 10.1. The normalized spacial score (nSPS) is 14.5. The highest BCUT2D eigenvalue weighted by Gasteiger charge is 2.37. The monoisotopic (exact) mass is 515 g/mol. The molecule has 1 heterocycles. The number of ether oxygens (including phenoxy) is 3. The second-order valence-electron chi connectivity index (χ2n) is 7.93. The van der Waals surface area contributed by atoms with Crippen LogP contribution in [-0.2, 0) is 25.8 Å². The predicted molar refractivity (Wildman–Crippen MR) is 121 cm³/mol. The first kappa shape index (κ1) is 26.3. The molecule has 1 atom stereocenters. The van der Waals surface area contributed by atoms with Gasteiger partial charge in [0, 0.05) is 11.9 Å². The molecule has 0 N–H and O–H groups in total. The summed E-state index contributed by atoms with van der Waals surface area (Å²) < 4.78 is 77.1. The summed E-state index contributed by atoms with van der Waals surface area (Å²) in [5, 5.41) is 0. The Morgan fingerprint density at radius 3 is 2.46 bits per heavy atom. The Balaban J connectivity index is 2.05. The third-order valence-corrected chi connectivity index (χ3v) is 6.12. The van der Waals surface area contributed by atoms with Crippen molar-refractivity contribution < 1.29 is 45.4 Å². The van der Waals surface area contributed by atoms with Gasteiger partial charge in [0.2, 0.25) is 5.91 Å². The number of methoxy groups -OCH3 is 1. The number of fused-ring (bicyclic) bond motifs is 1. The van der Waals surface area contributed by atoms with Gasteiger partial charge in [-0.25, -0.2) is 13.2 Å². The van der Waals surface area contributed by atoms with Crippen LogP contribution in [0.5, 0.6) is 11.5 Å². The molecule has 1 amide bonds. The lowest BCUT2D eigenvalue weighted by atomic mass is 10.0. The molecule has 2 aromatic rings. The van der Waals surface area contributed by atoms with E-state index in [9.17, 15) is 31.2 Å². The molecule has 2 aromatic carbocycles. The smallest absolute Gasteiger partial charge is 0.422 e. The van der Waals surface area contributed by atoms with Gasteiger partial charge in [0.1, 0.15) is 9.84 Å². The highest BCUT2D eigenvalue weighted by Crippen LogP contribution is 2.40. The largest absolute Gasteiger partial charge is 0.493 e. The van der Waals surface area contributed by atoms with Crippen molar-refractivity contribution in [1.82, 2.24) is 0 Å². The molecule has 0 saturated carbocycles. The van der Waals surface area contributed by atoms with Gasteiger partial charge in [0.15, 0.2) is 18.1 Å². The van der Waals surface area contributed by atoms with E-state index in [1.807, 2.05) is 0 Å². The van der Waals surface area contributed by atoms with E-state index in [-0.39, 0.29) is 17.7 Å². The molecule has 3 rings (SSSR count). The molecule has 0 bridgehead atoms. The summed E-state index contributed by atoms with van der Waals surface area (Å²) in [5.41, 5.74) is 0.958. The minimum atomic E-state index is -4.69. The molecule has 0 aromatic heterocycles. The highest BCUT2D eigenvalue weighted by molar-refractivity contribution is 7.90. The van der Waals surface area contributed by atoms with Crippen molar-refractivity contribution >= 4 is 27.4 Å². The summed E-state index contributed by atoms with van der Waals surface area (Å²) in [5.74, 6) is -1.33. The maximum atomic E-state index is 13.0. The number of carbonyl (C=O) groups is 2. The van der Waals surface area contributed by atoms with Gasteiger partial charge < -0.3 is 19.1 Å². The molecular formula is C23H24F3NO7S. The Morgan fingerprint density at radius 2 is 1.86 bits per heavy atom. The molecule has 1 aliphatic rings. The first-order chi connectivity index (χ1) is 16.3. The van der Waals surface area contributed by atoms with Gasteiger partial charge >= 0.3 is 12.1 Å². The third-order valence-electron chi connectivity index (χ3n) is 5.20. The molecule has 0 fully saturated rings. The van der Waals surface area contributed by atoms with Crippen molar-refractivity contribution in [2.24, 2.45) is 0 Å². The van der Waals surface area contributed by atoms with Crippen molar-refractivity contribution in [1.29, 1.82) is 0 Å². The molecule has 1 unspecified atom stereocenters. The van der Waals surface area contributed by atoms with Crippen LogP contribution < -0.4 is 14.4 Å². The van der Waals surface area contributed by atoms with Gasteiger partial charge in [-0.15, -0.1) is 0 Å². The van der Waals surface area contributed by atoms with Crippen LogP contribution in [-0.4, -0.2) is 58.8 Å². The number of alkyl halides is 3. The van der Waals surface area contributed by atoms with Crippen molar-refractivity contribution in [2.45, 2.75) is 25.6 Å². The van der Waals surface area contributed by atoms with Gasteiger partial charge in [-0.2, -0.15) is 13.2 Å². The van der Waals surface area contributed by atoms with Crippen LogP contribution in [0.4, 0.5) is 18.9 Å². The van der Waals surface area contributed by atoms with E-state index in [1.165, 1.54) is 30.2 Å². The number of esters is 1. The lowest BCUT2D eigenvalue weighted by molar-refractivity contribution is -0.161. The maximum Gasteiger partial charge on any atom is 0.422 e. The van der Waals surface area contributed by atoms with Crippen LogP contribution in [0.15, 0.2) is 36.4 Å². The molecule has 0 radical (unpaired) electrons. The molecule has 0 saturated heterocycles. The lowest BCUT2D eigenvalue weighted by Crippen LogP contribution is -2.36. The third kappa shape index (κ3) is 6.44. The Hall–Kier alpha value is -3.28. The standard InChI is InChI=1S/C23H24F3NO7S/c1-4-33-20-10-14(7-8-19(20)32-2)18(12-35(3,30)31)27-17-9-16(6-5-15(17)11-21(27)28)22(29)34-13-23(24,25)26/h5-10,18H,4,11-13H2,1-3H3. The van der Waals surface area contributed by atoms with Crippen LogP contribution in [0, 0.1) is 0 Å². The zero-order valence-electron chi connectivity index (χ0n) is 19.2. The zero-order chi connectivity index (χ0) is 26.0. The van der Waals surface area contributed by atoms with E-state index < -0.39 is 46.3 Å². The first-order valence-electron chi connectivity index (χ1n) is 10.5. The highest BCUT2D eigenvalue weighted by atomic mass is 32.2. The summed E-state index contributed by atoms with van der Waals surface area (Å²) in [6, 6.07) is 7.71. The molecular weight excluding hydrogens is 491 g/mol. The zero-order valence-corrected chi connectivity index (χ0v) is 20.0. The SMILES string of the molecule is CCOc1cc(C(CS(C)(=O)=O)N2C(=O)Cc3ccc(C(=O)OCC(F)(F)F)cc32)ccc1OC. The number of hydrogen-bond donors (Lipinski definition) is 0. The number of sulfone groups is 1. The van der Waals surface area contributed by atoms with Crippen LogP contribution in [0.2, 0.25) is 0 Å². The average molecular weight is 516 g/mol. The predicted octanol–water partition coefficient (Wildman–Crippen LogP) is 3.49. The molecule has 0 aliphatic carbocycles. The number of rotatable bonds is 9. The fourth-order valence-electron chi connectivity index (χ4n) is 3.79. The fraction of sp³-hybridized carbons (Fsp3) is 0.391. The molecule has 0 spiro atoms. The number of halogens is 3. The van der Waals surface area contributed by atoms with Gasteiger partial charge in [-0.05, 0) is 42.3 Å². The quantitative estimate of drug-likeness (QED) is 0.472. The van der Waals surface area contributed by atoms with E-state index in [1.54, 1.807) is 25.1 Å². The Labute approximate surface area is 200 Å². The number of benzene rings is 2. The van der Waals surface area contributed by atoms with Crippen molar-refractivity contribution in [3.05, 3.63) is 53.1 Å². The number of carbonyl (C=O) groups excluding carboxylic acids is 2. The number of amides is 1. The summed E-state index contributed by atoms with van der Waals surface area (Å²) in [4.78, 5) is 26.4. The lowest BCUT2D eigenvalue weighted by Gasteiger charge is -2.29. The molecule has 12 heteroatoms. The maximum absolute atomic E-state index is 13.0. The number of nitrogens with zero attached hydrogens (tertiary/aromatic N) is 1. The van der Waals surface area contributed by atoms with Crippen LogP contribution in [0.25, 0.3) is 0 Å². The summed E-state index contributed by atoms with van der Waals surface area (Å²) >= 11 is 0. The van der Waals surface area contributed by atoms with E-state index >= 15 is 0 Å². The molecule has 35 heavy (non-hydrogen) atoms. The molecule has 8 nitrogen and oxygen atoms in total. The van der Waals surface area contributed by atoms with Crippen LogP contribution >= 0.6 is 0 Å². The summed E-state index contributed by atoms with van der Waals surface area (Å²) in [6.45, 7) is 0.319. The fourth-order valence-corrected chi connectivity index (χ4v) is 4.71. The Morgan fingerprint density at radius 1 is 1.14 bits per heavy atom. The topological polar surface area (TPSA) is 99.2 Å². The van der Waals surface area contributed by atoms with Crippen molar-refractivity contribution in [3.8, 4) is 11.5 Å². The number of hydrogen-bond acceptors (Lipinski definition) is 7. The van der Waals surface area contributed by atoms with Crippen LogP contribution in [0.3, 0.4) is 0 Å². The Bertz CT molecular complexity index is 1230. The molecule has 190 valence electrons. The van der Waals surface area contributed by atoms with Crippen LogP contribution in [0.1, 0.15) is 34.5 Å². The van der Waals surface area contributed by atoms with Crippen molar-refractivity contribution in [2.75, 3.05) is 37.2 Å².